The van der Waals surface area contributed by atoms with Crippen LogP contribution in [0.15, 0.2) is 72.1 Å². The summed E-state index contributed by atoms with van der Waals surface area (Å²) >= 11 is 9.53. The summed E-state index contributed by atoms with van der Waals surface area (Å²) in [6.45, 7) is 47.4. The topological polar surface area (TPSA) is 102 Å². The first-order chi connectivity index (χ1) is 30.7. The van der Waals surface area contributed by atoms with E-state index in [1.807, 2.05) is 0 Å². The maximum atomic E-state index is 10.1. The van der Waals surface area contributed by atoms with E-state index in [9.17, 15) is 10.2 Å². The molecule has 4 aromatic carbocycles. The largest absolute Gasteiger partial charge is 2.00 e. The summed E-state index contributed by atoms with van der Waals surface area (Å²) in [6, 6.07) is 18.0. The quantitative estimate of drug-likeness (QED) is 0.0839. The van der Waals surface area contributed by atoms with E-state index in [0.29, 0.717) is 0 Å². The van der Waals surface area contributed by atoms with E-state index in [0.717, 1.165) is 49.0 Å². The van der Waals surface area contributed by atoms with Crippen LogP contribution in [0.2, 0.25) is 0 Å². The predicted molar refractivity (Wildman–Crippen MR) is 303 cm³/mol. The Morgan fingerprint density at radius 1 is 0.435 bits per heavy atom. The molecule has 4 aromatic rings. The van der Waals surface area contributed by atoms with Gasteiger partial charge >= 0.3 is 46.1 Å². The van der Waals surface area contributed by atoms with Gasteiger partial charge in [0.05, 0.1) is 5.34 Å². The summed E-state index contributed by atoms with van der Waals surface area (Å²) in [5.74, 6) is 0. The molecular formula is C59H88Cl2Mg2N4O2+2. The van der Waals surface area contributed by atoms with Crippen LogP contribution < -0.4 is 20.2 Å². The second-order valence-corrected chi connectivity index (χ2v) is 20.9. The summed E-state index contributed by atoms with van der Waals surface area (Å²) in [6.07, 6.45) is 4.27. The molecule has 10 heteroatoms. The van der Waals surface area contributed by atoms with Crippen LogP contribution in [0.3, 0.4) is 0 Å². The van der Waals surface area contributed by atoms with Gasteiger partial charge in [0.25, 0.3) is 0 Å². The van der Waals surface area contributed by atoms with E-state index < -0.39 is 11.2 Å². The van der Waals surface area contributed by atoms with Crippen LogP contribution in [0.25, 0.3) is 10.6 Å². The molecule has 0 amide bonds. The molecule has 0 spiro atoms. The molecule has 0 heterocycles. The van der Waals surface area contributed by atoms with Crippen molar-refractivity contribution in [3.05, 3.63) is 172 Å². The van der Waals surface area contributed by atoms with E-state index in [2.05, 4.69) is 181 Å². The Kier molecular flexibility index (Phi) is 35.5. The van der Waals surface area contributed by atoms with Crippen LogP contribution in [0.1, 0.15) is 158 Å². The Bertz CT molecular complexity index is 2050. The normalized spacial score (nSPS) is 11.7. The summed E-state index contributed by atoms with van der Waals surface area (Å²) in [7, 11) is 0. The van der Waals surface area contributed by atoms with Gasteiger partial charge in [0.15, 0.2) is 24.5 Å². The molecular weight excluding hydrogens is 916 g/mol. The van der Waals surface area contributed by atoms with Crippen molar-refractivity contribution in [3.63, 3.8) is 0 Å². The smallest absolute Gasteiger partial charge is 0.850 e. The summed E-state index contributed by atoms with van der Waals surface area (Å²) < 4.78 is 0. The Balaban J connectivity index is -0.000000982. The molecule has 2 N–H and O–H groups in total. The fourth-order valence-electron chi connectivity index (χ4n) is 7.58. The maximum absolute atomic E-state index is 10.1. The molecule has 6 nitrogen and oxygen atoms in total. The molecule has 0 aromatic heterocycles. The molecule has 0 unspecified atom stereocenters. The monoisotopic (exact) mass is 1000 g/mol. The third kappa shape index (κ3) is 32.8. The minimum absolute atomic E-state index is 0. The standard InChI is InChI=1S/2C25H33N2.2C4H9O.CH2Cl2.2Mg/c2*1-16-9-18(3)24(19(4)10-16)14-26-22(7)13-23(8)27-15-25-20(5)11-17(2)12-21(25)6;2*1-4(2,3)5;2-1-3;;/h2*9-13H,14-15H2,1-8H3;2*1-3H3;1H2;;/q4*-1;;2*+2/p+2/b2*22-13-,27-23?;;;;;. The van der Waals surface area contributed by atoms with Gasteiger partial charge in [0.2, 0.25) is 0 Å². The second kappa shape index (κ2) is 34.7. The van der Waals surface area contributed by atoms with Crippen molar-refractivity contribution >= 4 is 80.7 Å². The number of alkyl halides is 2. The van der Waals surface area contributed by atoms with Crippen LogP contribution in [0.4, 0.5) is 0 Å². The van der Waals surface area contributed by atoms with Crippen molar-refractivity contribution in [3.8, 4) is 0 Å². The van der Waals surface area contributed by atoms with E-state index >= 15 is 0 Å². The van der Waals surface area contributed by atoms with Gasteiger partial charge < -0.3 is 20.8 Å². The van der Waals surface area contributed by atoms with Gasteiger partial charge in [-0.15, -0.1) is 47.5 Å². The zero-order valence-electron chi connectivity index (χ0n) is 47.2. The zero-order chi connectivity index (χ0) is 52.0. The van der Waals surface area contributed by atoms with Crippen molar-refractivity contribution in [1.29, 1.82) is 0 Å². The average molecular weight is 1000 g/mol. The van der Waals surface area contributed by atoms with Crippen LogP contribution >= 0.6 is 23.2 Å². The van der Waals surface area contributed by atoms with Crippen molar-refractivity contribution in [2.75, 3.05) is 5.34 Å². The van der Waals surface area contributed by atoms with Gasteiger partial charge in [0, 0.05) is 25.0 Å². The van der Waals surface area contributed by atoms with Gasteiger partial charge in [-0.2, -0.15) is 11.4 Å². The first-order valence-corrected chi connectivity index (χ1v) is 24.5. The molecule has 0 aliphatic rings. The predicted octanol–water partition coefficient (Wildman–Crippen LogP) is 11.1. The number of aryl methyl sites for hydroxylation is 12. The molecule has 0 aliphatic carbocycles. The Morgan fingerprint density at radius 3 is 0.797 bits per heavy atom. The molecule has 0 bridgehead atoms. The van der Waals surface area contributed by atoms with Crippen LogP contribution in [-0.4, -0.2) is 74.1 Å². The summed E-state index contributed by atoms with van der Waals surface area (Å²) in [4.78, 5) is 7.08. The van der Waals surface area contributed by atoms with E-state index in [1.54, 1.807) is 41.5 Å². The molecule has 372 valence electrons. The fourth-order valence-corrected chi connectivity index (χ4v) is 7.58. The molecule has 0 aliphatic heterocycles. The minimum Gasteiger partial charge on any atom is -0.850 e. The number of benzene rings is 4. The van der Waals surface area contributed by atoms with Crippen LogP contribution in [-0.2, 0) is 26.2 Å². The Morgan fingerprint density at radius 2 is 0.609 bits per heavy atom. The molecule has 0 fully saturated rings. The third-order valence-electron chi connectivity index (χ3n) is 10.3. The summed E-state index contributed by atoms with van der Waals surface area (Å²) in [5.41, 5.74) is 24.3. The number of nitrogens with one attached hydrogen (secondary N) is 2. The van der Waals surface area contributed by atoms with Crippen LogP contribution in [0.5, 0.6) is 0 Å². The van der Waals surface area contributed by atoms with Crippen molar-refractivity contribution in [2.24, 2.45) is 0 Å². The van der Waals surface area contributed by atoms with Crippen LogP contribution in [0, 0.1) is 83.1 Å². The molecule has 0 saturated heterocycles. The van der Waals surface area contributed by atoms with Gasteiger partial charge in [-0.25, -0.2) is 9.98 Å². The number of rotatable bonds is 12. The van der Waals surface area contributed by atoms with E-state index in [1.165, 1.54) is 89.0 Å². The first-order valence-electron chi connectivity index (χ1n) is 23.4. The fraction of sp³-hybridized carbons (Fsp3) is 0.492. The minimum atomic E-state index is -0.750. The van der Waals surface area contributed by atoms with Gasteiger partial charge in [-0.05, 0) is 140 Å². The Hall–Kier alpha value is -2.67. The first kappa shape index (κ1) is 70.6. The molecule has 0 saturated carbocycles. The van der Waals surface area contributed by atoms with Gasteiger partial charge in [0.1, 0.15) is 0 Å². The Labute approximate surface area is 464 Å². The maximum Gasteiger partial charge on any atom is 2.00 e. The molecule has 0 radical (unpaired) electrons. The average Bonchev–Trinajstić information content (AvgIpc) is 3.12. The van der Waals surface area contributed by atoms with E-state index in [-0.39, 0.29) is 51.4 Å². The number of nitrogens with zero attached hydrogens (tertiary/aromatic N) is 2. The van der Waals surface area contributed by atoms with Gasteiger partial charge in [-0.1, -0.05) is 137 Å². The van der Waals surface area contributed by atoms with Crippen molar-refractivity contribution in [1.82, 2.24) is 0 Å². The SMILES string of the molecule is CC(/C=C(/C)[N-]Cc1c(C)cc(C)cc1C)=[NH+]Cc1c(C)cc(C)cc1C.CC(/C=C(/C)[N-]Cc1c(C)cc(C)cc1C)=[NH+]Cc1c(C)cc(C)cc1C.CC(C)(C)[O-].CC(C)(C)[O-].ClCCl.[Mg+2].[Mg+2]. The number of allylic oxidation sites excluding steroid dienone is 4. The third-order valence-corrected chi connectivity index (χ3v) is 10.3. The van der Waals surface area contributed by atoms with E-state index in [4.69, 9.17) is 33.8 Å². The molecule has 69 heavy (non-hydrogen) atoms. The molecule has 4 rings (SSSR count). The van der Waals surface area contributed by atoms with Gasteiger partial charge in [-0.3, -0.25) is 0 Å². The number of hydrogen-bond acceptors (Lipinski definition) is 2. The second-order valence-electron chi connectivity index (χ2n) is 20.1. The van der Waals surface area contributed by atoms with Crippen molar-refractivity contribution < 1.29 is 20.2 Å². The molecule has 0 atom stereocenters. The summed E-state index contributed by atoms with van der Waals surface area (Å²) in [5, 5.41) is 30.0. The number of hydrogen-bond donors (Lipinski definition) is 2. The zero-order valence-corrected chi connectivity index (χ0v) is 51.5. The number of halogens is 2. The van der Waals surface area contributed by atoms with Crippen molar-refractivity contribution in [2.45, 2.75) is 190 Å².